The van der Waals surface area contributed by atoms with E-state index >= 15 is 0 Å². The molecule has 0 radical (unpaired) electrons. The zero-order valence-corrected chi connectivity index (χ0v) is 10.1. The lowest BCUT2D eigenvalue weighted by atomic mass is 9.98. The van der Waals surface area contributed by atoms with Gasteiger partial charge in [0.15, 0.2) is 11.6 Å². The van der Waals surface area contributed by atoms with E-state index in [4.69, 9.17) is 5.73 Å². The third-order valence-electron chi connectivity index (χ3n) is 2.38. The average molecular weight is 270 g/mol. The molecule has 0 aliphatic carbocycles. The monoisotopic (exact) mass is 269 g/mol. The number of aliphatic hydroxyl groups is 1. The van der Waals surface area contributed by atoms with Gasteiger partial charge in [0, 0.05) is 11.6 Å². The molecule has 3 N–H and O–H groups in total. The topological polar surface area (TPSA) is 46.2 Å². The van der Waals surface area contributed by atoms with Crippen molar-refractivity contribution < 1.29 is 18.3 Å². The van der Waals surface area contributed by atoms with Crippen molar-refractivity contribution in [2.45, 2.75) is 31.9 Å². The molecule has 0 aromatic heterocycles. The van der Waals surface area contributed by atoms with Crippen LogP contribution in [-0.4, -0.2) is 11.2 Å². The Morgan fingerprint density at radius 3 is 2.41 bits per heavy atom. The van der Waals surface area contributed by atoms with Crippen LogP contribution in [0, 0.1) is 17.5 Å². The van der Waals surface area contributed by atoms with Crippen molar-refractivity contribution in [3.05, 3.63) is 35.1 Å². The summed E-state index contributed by atoms with van der Waals surface area (Å²) in [6.45, 7) is 1.82. The van der Waals surface area contributed by atoms with E-state index < -0.39 is 29.6 Å². The second kappa shape index (κ2) is 6.83. The SMILES string of the molecule is CCC[C@H](O)[C@H](N)c1cc(F)cc(F)c1F.Cl. The van der Waals surface area contributed by atoms with Crippen LogP contribution in [0.2, 0.25) is 0 Å². The van der Waals surface area contributed by atoms with Crippen LogP contribution in [-0.2, 0) is 0 Å². The van der Waals surface area contributed by atoms with Gasteiger partial charge in [0.25, 0.3) is 0 Å². The molecular formula is C11H15ClF3NO. The lowest BCUT2D eigenvalue weighted by Crippen LogP contribution is -2.27. The quantitative estimate of drug-likeness (QED) is 0.826. The molecule has 1 rings (SSSR count). The van der Waals surface area contributed by atoms with Gasteiger partial charge in [0.1, 0.15) is 5.82 Å². The Kier molecular flexibility index (Phi) is 6.52. The molecule has 0 aliphatic heterocycles. The van der Waals surface area contributed by atoms with Crippen LogP contribution in [0.25, 0.3) is 0 Å². The number of hydrogen-bond donors (Lipinski definition) is 2. The van der Waals surface area contributed by atoms with E-state index in [-0.39, 0.29) is 18.0 Å². The van der Waals surface area contributed by atoms with Crippen LogP contribution in [0.1, 0.15) is 31.4 Å². The van der Waals surface area contributed by atoms with Crippen LogP contribution in [0.5, 0.6) is 0 Å². The van der Waals surface area contributed by atoms with Gasteiger partial charge in [-0.05, 0) is 12.5 Å². The van der Waals surface area contributed by atoms with Crippen molar-refractivity contribution in [3.63, 3.8) is 0 Å². The second-order valence-electron chi connectivity index (χ2n) is 3.67. The summed E-state index contributed by atoms with van der Waals surface area (Å²) in [5.41, 5.74) is 5.21. The highest BCUT2D eigenvalue weighted by Crippen LogP contribution is 2.23. The summed E-state index contributed by atoms with van der Waals surface area (Å²) in [4.78, 5) is 0. The molecule has 0 fully saturated rings. The second-order valence-corrected chi connectivity index (χ2v) is 3.67. The molecule has 17 heavy (non-hydrogen) atoms. The van der Waals surface area contributed by atoms with Crippen LogP contribution < -0.4 is 5.73 Å². The lowest BCUT2D eigenvalue weighted by Gasteiger charge is -2.19. The number of nitrogens with two attached hydrogens (primary N) is 1. The van der Waals surface area contributed by atoms with Gasteiger partial charge in [-0.1, -0.05) is 13.3 Å². The molecule has 0 aliphatic rings. The minimum absolute atomic E-state index is 0. The molecular weight excluding hydrogens is 255 g/mol. The van der Waals surface area contributed by atoms with Gasteiger partial charge in [0.05, 0.1) is 12.1 Å². The van der Waals surface area contributed by atoms with Gasteiger partial charge >= 0.3 is 0 Å². The summed E-state index contributed by atoms with van der Waals surface area (Å²) in [5.74, 6) is -3.41. The third-order valence-corrected chi connectivity index (χ3v) is 2.38. The fourth-order valence-corrected chi connectivity index (χ4v) is 1.50. The predicted octanol–water partition coefficient (Wildman–Crippen LogP) is 2.69. The van der Waals surface area contributed by atoms with Crippen LogP contribution in [0.15, 0.2) is 12.1 Å². The van der Waals surface area contributed by atoms with Gasteiger partial charge in [-0.3, -0.25) is 0 Å². The maximum Gasteiger partial charge on any atom is 0.163 e. The Labute approximate surface area is 104 Å². The molecule has 1 aromatic carbocycles. The molecule has 1 aromatic rings. The summed E-state index contributed by atoms with van der Waals surface area (Å²) in [6.07, 6.45) is -0.0202. The number of aliphatic hydroxyl groups excluding tert-OH is 1. The van der Waals surface area contributed by atoms with Gasteiger partial charge in [-0.15, -0.1) is 12.4 Å². The fraction of sp³-hybridized carbons (Fsp3) is 0.455. The Balaban J connectivity index is 0.00000256. The molecule has 0 saturated carbocycles. The highest BCUT2D eigenvalue weighted by Gasteiger charge is 2.22. The maximum atomic E-state index is 13.3. The number of rotatable bonds is 4. The fourth-order valence-electron chi connectivity index (χ4n) is 1.50. The molecule has 6 heteroatoms. The van der Waals surface area contributed by atoms with Crippen molar-refractivity contribution in [1.82, 2.24) is 0 Å². The minimum Gasteiger partial charge on any atom is -0.391 e. The average Bonchev–Trinajstić information content (AvgIpc) is 2.22. The first-order chi connectivity index (χ1) is 7.47. The molecule has 2 atom stereocenters. The van der Waals surface area contributed by atoms with Crippen molar-refractivity contribution in [1.29, 1.82) is 0 Å². The third kappa shape index (κ3) is 3.87. The van der Waals surface area contributed by atoms with Crippen molar-refractivity contribution in [3.8, 4) is 0 Å². The molecule has 98 valence electrons. The molecule has 0 heterocycles. The Bertz CT molecular complexity index is 376. The molecule has 0 spiro atoms. The van der Waals surface area contributed by atoms with Crippen LogP contribution >= 0.6 is 12.4 Å². The Morgan fingerprint density at radius 1 is 1.29 bits per heavy atom. The molecule has 0 unspecified atom stereocenters. The molecule has 0 saturated heterocycles. The summed E-state index contributed by atoms with van der Waals surface area (Å²) in [6, 6.07) is 0.129. The Hall–Kier alpha value is -0.780. The van der Waals surface area contributed by atoms with E-state index in [1.807, 2.05) is 6.92 Å². The first kappa shape index (κ1) is 16.2. The van der Waals surface area contributed by atoms with E-state index in [2.05, 4.69) is 0 Å². The summed E-state index contributed by atoms with van der Waals surface area (Å²) in [7, 11) is 0. The zero-order valence-electron chi connectivity index (χ0n) is 9.29. The molecule has 0 amide bonds. The Morgan fingerprint density at radius 2 is 1.88 bits per heavy atom. The van der Waals surface area contributed by atoms with E-state index in [9.17, 15) is 18.3 Å². The van der Waals surface area contributed by atoms with Crippen LogP contribution in [0.4, 0.5) is 13.2 Å². The predicted molar refractivity (Wildman–Crippen MR) is 61.4 cm³/mol. The van der Waals surface area contributed by atoms with Crippen molar-refractivity contribution in [2.75, 3.05) is 0 Å². The first-order valence-electron chi connectivity index (χ1n) is 5.05. The first-order valence-corrected chi connectivity index (χ1v) is 5.05. The summed E-state index contributed by atoms with van der Waals surface area (Å²) >= 11 is 0. The summed E-state index contributed by atoms with van der Waals surface area (Å²) in [5, 5.41) is 9.54. The molecule has 2 nitrogen and oxygen atoms in total. The standard InChI is InChI=1S/C11H14F3NO.ClH/c1-2-3-9(16)11(15)7-4-6(12)5-8(13)10(7)14;/h4-5,9,11,16H,2-3,15H2,1H3;1H/t9-,11+;/m0./s1. The molecule has 0 bridgehead atoms. The highest BCUT2D eigenvalue weighted by atomic mass is 35.5. The number of benzene rings is 1. The normalized spacial score (nSPS) is 14.0. The summed E-state index contributed by atoms with van der Waals surface area (Å²) < 4.78 is 39.1. The van der Waals surface area contributed by atoms with Crippen molar-refractivity contribution in [2.24, 2.45) is 5.73 Å². The van der Waals surface area contributed by atoms with Crippen LogP contribution in [0.3, 0.4) is 0 Å². The van der Waals surface area contributed by atoms with Gasteiger partial charge in [0.2, 0.25) is 0 Å². The number of halogens is 4. The van der Waals surface area contributed by atoms with Crippen molar-refractivity contribution >= 4 is 12.4 Å². The van der Waals surface area contributed by atoms with Gasteiger partial charge in [-0.25, -0.2) is 13.2 Å². The van der Waals surface area contributed by atoms with E-state index in [1.165, 1.54) is 0 Å². The number of hydrogen-bond acceptors (Lipinski definition) is 2. The van der Waals surface area contributed by atoms with E-state index in [1.54, 1.807) is 0 Å². The van der Waals surface area contributed by atoms with E-state index in [0.717, 1.165) is 6.07 Å². The highest BCUT2D eigenvalue weighted by molar-refractivity contribution is 5.85. The maximum absolute atomic E-state index is 13.3. The van der Waals surface area contributed by atoms with E-state index in [0.29, 0.717) is 18.9 Å². The van der Waals surface area contributed by atoms with Gasteiger partial charge < -0.3 is 10.8 Å². The smallest absolute Gasteiger partial charge is 0.163 e. The largest absolute Gasteiger partial charge is 0.391 e. The lowest BCUT2D eigenvalue weighted by molar-refractivity contribution is 0.132. The minimum atomic E-state index is -1.30. The zero-order chi connectivity index (χ0) is 12.3. The van der Waals surface area contributed by atoms with Gasteiger partial charge in [-0.2, -0.15) is 0 Å².